The van der Waals surface area contributed by atoms with Crippen LogP contribution in [-0.2, 0) is 4.79 Å². The van der Waals surface area contributed by atoms with Crippen LogP contribution >= 0.6 is 0 Å². The van der Waals surface area contributed by atoms with Gasteiger partial charge in [0.25, 0.3) is 0 Å². The highest BCUT2D eigenvalue weighted by atomic mass is 19.4. The second-order valence-corrected chi connectivity index (χ2v) is 10.9. The van der Waals surface area contributed by atoms with Crippen LogP contribution in [0.15, 0.2) is 0 Å². The zero-order chi connectivity index (χ0) is 30.8. The Balaban J connectivity index is -0.0000000595. The van der Waals surface area contributed by atoms with Gasteiger partial charge in [-0.05, 0) is 43.4 Å². The summed E-state index contributed by atoms with van der Waals surface area (Å²) in [6.45, 7) is 29.8. The molecule has 240 valence electrons. The van der Waals surface area contributed by atoms with Gasteiger partial charge in [0.1, 0.15) is 5.78 Å². The quantitative estimate of drug-likeness (QED) is 0.336. The minimum atomic E-state index is -3.95. The van der Waals surface area contributed by atoms with Crippen molar-refractivity contribution in [2.45, 2.75) is 207 Å². The third kappa shape index (κ3) is 101. The van der Waals surface area contributed by atoms with Crippen LogP contribution in [0.1, 0.15) is 201 Å². The lowest BCUT2D eigenvalue weighted by molar-refractivity contribution is -0.134. The van der Waals surface area contributed by atoms with E-state index in [0.29, 0.717) is 5.78 Å². The number of carbonyl (C=O) groups is 1. The van der Waals surface area contributed by atoms with Crippen molar-refractivity contribution < 1.29 is 18.0 Å². The van der Waals surface area contributed by atoms with Crippen molar-refractivity contribution in [1.82, 2.24) is 0 Å². The maximum Gasteiger partial charge on any atom is 0.389 e. The third-order valence-electron chi connectivity index (χ3n) is 4.62. The highest BCUT2D eigenvalue weighted by Gasteiger charge is 2.30. The van der Waals surface area contributed by atoms with Crippen molar-refractivity contribution in [2.24, 2.45) is 11.3 Å². The van der Waals surface area contributed by atoms with Crippen LogP contribution < -0.4 is 0 Å². The number of unbranched alkanes of at least 4 members (excludes halogenated alkanes) is 2. The molecule has 0 atom stereocenters. The normalized spacial score (nSPS) is 14.2. The summed E-state index contributed by atoms with van der Waals surface area (Å²) in [6, 6.07) is 0. The van der Waals surface area contributed by atoms with Gasteiger partial charge in [0.2, 0.25) is 0 Å². The van der Waals surface area contributed by atoms with Gasteiger partial charge in [-0.2, -0.15) is 13.2 Å². The molecule has 0 aromatic heterocycles. The molecule has 0 aromatic rings. The Morgan fingerprint density at radius 1 is 0.658 bits per heavy atom. The summed E-state index contributed by atoms with van der Waals surface area (Å²) >= 11 is 0. The van der Waals surface area contributed by atoms with Crippen molar-refractivity contribution in [3.05, 3.63) is 0 Å². The molecule has 0 radical (unpaired) electrons. The molecule has 0 spiro atoms. The van der Waals surface area contributed by atoms with Crippen molar-refractivity contribution in [3.8, 4) is 0 Å². The van der Waals surface area contributed by atoms with Gasteiger partial charge in [0.05, 0.1) is 0 Å². The lowest BCUT2D eigenvalue weighted by atomic mass is 9.90. The van der Waals surface area contributed by atoms with Crippen molar-refractivity contribution >= 4 is 5.78 Å². The summed E-state index contributed by atoms with van der Waals surface area (Å²) in [7, 11) is 0. The van der Waals surface area contributed by atoms with Gasteiger partial charge in [-0.15, -0.1) is 0 Å². The monoisotopic (exact) mass is 559 g/mol. The molecule has 38 heavy (non-hydrogen) atoms. The smallest absolute Gasteiger partial charge is 0.300 e. The molecule has 2 rings (SSSR count). The van der Waals surface area contributed by atoms with Gasteiger partial charge in [0, 0.05) is 19.3 Å². The average Bonchev–Trinajstić information content (AvgIpc) is 3.52. The predicted molar refractivity (Wildman–Crippen MR) is 172 cm³/mol. The maximum atomic E-state index is 11.1. The van der Waals surface area contributed by atoms with Gasteiger partial charge < -0.3 is 0 Å². The molecule has 0 aromatic carbocycles. The summed E-state index contributed by atoms with van der Waals surface area (Å²) in [5.41, 5.74) is 0.750. The van der Waals surface area contributed by atoms with Crippen LogP contribution in [-0.4, -0.2) is 12.0 Å². The number of hydrogen-bond acceptors (Lipinski definition) is 1. The van der Waals surface area contributed by atoms with E-state index in [1.165, 1.54) is 64.7 Å². The highest BCUT2D eigenvalue weighted by molar-refractivity contribution is 5.78. The number of ketones is 1. The highest BCUT2D eigenvalue weighted by Crippen LogP contribution is 2.43. The number of rotatable bonds is 3. The van der Waals surface area contributed by atoms with Crippen molar-refractivity contribution in [2.75, 3.05) is 0 Å². The number of hydrogen-bond donors (Lipinski definition) is 0. The van der Waals surface area contributed by atoms with Gasteiger partial charge >= 0.3 is 6.18 Å². The summed E-state index contributed by atoms with van der Waals surface area (Å²) < 4.78 is 33.2. The van der Waals surface area contributed by atoms with E-state index in [9.17, 15) is 18.0 Å². The van der Waals surface area contributed by atoms with E-state index < -0.39 is 12.6 Å². The summed E-state index contributed by atoms with van der Waals surface area (Å²) in [4.78, 5) is 10.6. The predicted octanol–water partition coefficient (Wildman–Crippen LogP) is 14.4. The SMILES string of the molecule is C.CC1(C)CC1.CC1CCC(=O)CC1.CCC.CCC.CCC.CCCC.CCCC.CCCC(F)(F)F. The molecule has 0 aliphatic heterocycles. The Morgan fingerprint density at radius 2 is 0.895 bits per heavy atom. The van der Waals surface area contributed by atoms with E-state index in [0.717, 1.165) is 37.0 Å². The number of alkyl halides is 3. The Labute approximate surface area is 241 Å². The van der Waals surface area contributed by atoms with Gasteiger partial charge in [-0.3, -0.25) is 4.79 Å². The minimum absolute atomic E-state index is 0. The molecule has 1 nitrogen and oxygen atoms in total. The molecule has 2 fully saturated rings. The Hall–Kier alpha value is -0.540. The van der Waals surface area contributed by atoms with Crippen LogP contribution in [0.4, 0.5) is 13.2 Å². The molecule has 0 bridgehead atoms. The molecule has 4 heteroatoms. The number of halogens is 3. The molecule has 2 aliphatic carbocycles. The fourth-order valence-electron chi connectivity index (χ4n) is 1.62. The van der Waals surface area contributed by atoms with Crippen LogP contribution in [0.2, 0.25) is 0 Å². The van der Waals surface area contributed by atoms with E-state index in [4.69, 9.17) is 0 Å². The molecule has 0 heterocycles. The van der Waals surface area contributed by atoms with Gasteiger partial charge in [0.15, 0.2) is 0 Å². The zero-order valence-electron chi connectivity index (χ0n) is 28.2. The topological polar surface area (TPSA) is 17.1 Å². The first-order chi connectivity index (χ1) is 17.1. The molecule has 2 aliphatic rings. The second-order valence-electron chi connectivity index (χ2n) is 10.9. The van der Waals surface area contributed by atoms with E-state index in [-0.39, 0.29) is 13.8 Å². The Kier molecular flexibility index (Phi) is 61.5. The van der Waals surface area contributed by atoms with E-state index in [1.54, 1.807) is 0 Å². The van der Waals surface area contributed by atoms with E-state index in [1.807, 2.05) is 0 Å². The van der Waals surface area contributed by atoms with Crippen LogP contribution in [0.25, 0.3) is 0 Å². The summed E-state index contributed by atoms with van der Waals surface area (Å²) in [6.07, 6.45) is 11.4. The van der Waals surface area contributed by atoms with Gasteiger partial charge in [-0.25, -0.2) is 0 Å². The molecule has 0 amide bonds. The largest absolute Gasteiger partial charge is 0.389 e. The first-order valence-corrected chi connectivity index (χ1v) is 15.7. The standard InChI is InChI=1S/C7H12O.C5H10.C4H7F3.2C4H10.3C3H8.CH4/c1-6-2-4-7(8)5-3-6;1-5(2)3-4-5;1-2-3-4(5,6)7;2*1-3-4-2;3*1-3-2;/h6H,2-5H2,1H3;3-4H2,1-2H3;2-3H2,1H3;2*3-4H2,1-2H3;3*3H2,1-2H3;1H4. The fraction of sp³-hybridized carbons (Fsp3) is 0.971. The molecular weight excluding hydrogens is 481 g/mol. The van der Waals surface area contributed by atoms with Crippen molar-refractivity contribution in [3.63, 3.8) is 0 Å². The zero-order valence-corrected chi connectivity index (χ0v) is 28.2. The third-order valence-corrected chi connectivity index (χ3v) is 4.62. The second kappa shape index (κ2) is 43.5. The van der Waals surface area contributed by atoms with Crippen LogP contribution in [0, 0.1) is 11.3 Å². The molecule has 2 saturated carbocycles. The molecular formula is C34H77F3O. The lowest BCUT2D eigenvalue weighted by Gasteiger charge is -2.14. The van der Waals surface area contributed by atoms with E-state index >= 15 is 0 Å². The number of Topliss-reactive ketones (excluding diaryl/α,β-unsaturated/α-hetero) is 1. The van der Waals surface area contributed by atoms with Crippen molar-refractivity contribution in [1.29, 1.82) is 0 Å². The first kappa shape index (κ1) is 53.7. The van der Waals surface area contributed by atoms with Crippen LogP contribution in [0.5, 0.6) is 0 Å². The Morgan fingerprint density at radius 3 is 0.974 bits per heavy atom. The lowest BCUT2D eigenvalue weighted by Crippen LogP contribution is -2.10. The molecule has 0 N–H and O–H groups in total. The number of carbonyl (C=O) groups excluding carboxylic acids is 1. The van der Waals surface area contributed by atoms with E-state index in [2.05, 4.69) is 90.0 Å². The first-order valence-electron chi connectivity index (χ1n) is 15.7. The fourth-order valence-corrected chi connectivity index (χ4v) is 1.62. The molecule has 0 saturated heterocycles. The maximum absolute atomic E-state index is 11.1. The Bertz CT molecular complexity index is 348. The molecule has 0 unspecified atom stereocenters. The average molecular weight is 559 g/mol. The minimum Gasteiger partial charge on any atom is -0.300 e. The summed E-state index contributed by atoms with van der Waals surface area (Å²) in [5.74, 6) is 1.26. The van der Waals surface area contributed by atoms with Crippen LogP contribution in [0.3, 0.4) is 0 Å². The summed E-state index contributed by atoms with van der Waals surface area (Å²) in [5, 5.41) is 0. The van der Waals surface area contributed by atoms with Gasteiger partial charge in [-0.1, -0.05) is 149 Å².